The summed E-state index contributed by atoms with van der Waals surface area (Å²) in [6, 6.07) is 8.49. The molecule has 3 aliphatic rings. The maximum absolute atomic E-state index is 13.6. The highest BCUT2D eigenvalue weighted by Gasteiger charge is 2.45. The van der Waals surface area contributed by atoms with Crippen molar-refractivity contribution in [3.8, 4) is 16.9 Å². The van der Waals surface area contributed by atoms with E-state index in [4.69, 9.17) is 19.7 Å². The minimum Gasteiger partial charge on any atom is -0.496 e. The van der Waals surface area contributed by atoms with Crippen LogP contribution in [0.2, 0.25) is 0 Å². The van der Waals surface area contributed by atoms with Gasteiger partial charge in [0.2, 0.25) is 0 Å². The summed E-state index contributed by atoms with van der Waals surface area (Å²) >= 11 is 0. The summed E-state index contributed by atoms with van der Waals surface area (Å²) in [5.74, 6) is 0.448. The monoisotopic (exact) mass is 469 g/mol. The van der Waals surface area contributed by atoms with Crippen LogP contribution in [-0.4, -0.2) is 44.5 Å². The zero-order valence-corrected chi connectivity index (χ0v) is 19.2. The van der Waals surface area contributed by atoms with Crippen LogP contribution in [0.15, 0.2) is 48.9 Å². The largest absolute Gasteiger partial charge is 0.496 e. The summed E-state index contributed by atoms with van der Waals surface area (Å²) in [4.78, 5) is 23.7. The number of carbonyl (C=O) groups excluding carboxylic acids is 1. The van der Waals surface area contributed by atoms with Crippen molar-refractivity contribution in [2.24, 2.45) is 5.73 Å². The van der Waals surface area contributed by atoms with Gasteiger partial charge in [0.15, 0.2) is 0 Å². The second-order valence-electron chi connectivity index (χ2n) is 9.75. The normalized spacial score (nSPS) is 23.5. The Hall–Kier alpha value is -3.78. The number of rotatable bonds is 3. The van der Waals surface area contributed by atoms with E-state index in [-0.39, 0.29) is 5.92 Å². The van der Waals surface area contributed by atoms with Crippen molar-refractivity contribution in [2.75, 3.05) is 14.1 Å². The molecule has 2 aliphatic carbocycles. The number of hydrogen-bond donors (Lipinski definition) is 1. The van der Waals surface area contributed by atoms with Crippen molar-refractivity contribution >= 4 is 11.4 Å². The van der Waals surface area contributed by atoms with Gasteiger partial charge < -0.3 is 15.4 Å². The third-order valence-corrected chi connectivity index (χ3v) is 7.90. The van der Waals surface area contributed by atoms with E-state index in [0.717, 1.165) is 46.4 Å². The summed E-state index contributed by atoms with van der Waals surface area (Å²) in [5, 5.41) is 4.79. The molecule has 4 heterocycles. The van der Waals surface area contributed by atoms with Crippen molar-refractivity contribution in [2.45, 2.75) is 43.2 Å². The van der Waals surface area contributed by atoms with Crippen LogP contribution in [0.1, 0.15) is 74.8 Å². The Morgan fingerprint density at radius 2 is 2.00 bits per heavy atom. The lowest BCUT2D eigenvalue weighted by atomic mass is 9.77. The summed E-state index contributed by atoms with van der Waals surface area (Å²) in [7, 11) is 1.56. The van der Waals surface area contributed by atoms with E-state index >= 15 is 0 Å². The van der Waals surface area contributed by atoms with Crippen molar-refractivity contribution < 1.29 is 13.6 Å². The molecule has 7 rings (SSSR count). The van der Waals surface area contributed by atoms with Gasteiger partial charge in [0.1, 0.15) is 11.6 Å². The molecule has 8 nitrogen and oxygen atoms in total. The van der Waals surface area contributed by atoms with Gasteiger partial charge in [-0.1, -0.05) is 6.07 Å². The highest BCUT2D eigenvalue weighted by Crippen LogP contribution is 2.53. The molecule has 1 amide bonds. The molecule has 35 heavy (non-hydrogen) atoms. The lowest BCUT2D eigenvalue weighted by Crippen LogP contribution is -2.44. The molecule has 1 fully saturated rings. The fourth-order valence-corrected chi connectivity index (χ4v) is 5.86. The molecule has 0 unspecified atom stereocenters. The van der Waals surface area contributed by atoms with Gasteiger partial charge in [0, 0.05) is 57.9 Å². The molecule has 4 aromatic rings. The van der Waals surface area contributed by atoms with Gasteiger partial charge in [-0.2, -0.15) is 5.10 Å². The first kappa shape index (κ1) is 17.6. The molecule has 0 spiro atoms. The number of nitrogens with zero attached hydrogens (tertiary/aromatic N) is 5. The minimum atomic E-state index is -2.63. The van der Waals surface area contributed by atoms with Crippen LogP contribution in [0.25, 0.3) is 16.6 Å². The number of benzene rings is 1. The van der Waals surface area contributed by atoms with Crippen LogP contribution in [0.3, 0.4) is 0 Å². The SMILES string of the molecule is [2H]C([2H])([2H])N1C(=O)c2cccc(OC)c2[C@H]2C[C@@H]1c1nn3ccc(-c4cnc(C5(N)CCC5)nc4)cc3c12. The molecule has 2 atom stereocenters. The third-order valence-electron chi connectivity index (χ3n) is 7.90. The van der Waals surface area contributed by atoms with Crippen LogP contribution in [-0.2, 0) is 5.54 Å². The van der Waals surface area contributed by atoms with Gasteiger partial charge in [-0.05, 0) is 55.5 Å². The van der Waals surface area contributed by atoms with Gasteiger partial charge in [-0.3, -0.25) is 4.79 Å². The van der Waals surface area contributed by atoms with Gasteiger partial charge in [0.05, 0.1) is 29.9 Å². The molecule has 1 aliphatic heterocycles. The van der Waals surface area contributed by atoms with Gasteiger partial charge in [0.25, 0.3) is 5.91 Å². The number of ether oxygens (including phenoxy) is 1. The third kappa shape index (κ3) is 2.77. The molecule has 0 saturated heterocycles. The first-order chi connectivity index (χ1) is 18.2. The topological polar surface area (TPSA) is 98.6 Å². The molecule has 2 bridgehead atoms. The van der Waals surface area contributed by atoms with Crippen molar-refractivity contribution in [3.63, 3.8) is 0 Å². The molecule has 176 valence electrons. The summed E-state index contributed by atoms with van der Waals surface area (Å²) in [6.45, 7) is -2.63. The molecule has 2 N–H and O–H groups in total. The second kappa shape index (κ2) is 7.11. The molecule has 1 saturated carbocycles. The van der Waals surface area contributed by atoms with E-state index in [9.17, 15) is 4.79 Å². The van der Waals surface area contributed by atoms with Crippen LogP contribution in [0.5, 0.6) is 5.75 Å². The first-order valence-corrected chi connectivity index (χ1v) is 11.8. The smallest absolute Gasteiger partial charge is 0.254 e. The maximum atomic E-state index is 13.6. The van der Waals surface area contributed by atoms with E-state index in [1.807, 2.05) is 24.4 Å². The van der Waals surface area contributed by atoms with Gasteiger partial charge >= 0.3 is 0 Å². The Bertz CT molecular complexity index is 1610. The van der Waals surface area contributed by atoms with Gasteiger partial charge in [-0.25, -0.2) is 14.5 Å². The zero-order valence-electron chi connectivity index (χ0n) is 22.2. The van der Waals surface area contributed by atoms with Crippen LogP contribution >= 0.6 is 0 Å². The summed E-state index contributed by atoms with van der Waals surface area (Å²) in [5.41, 5.74) is 11.2. The number of pyridine rings is 1. The van der Waals surface area contributed by atoms with Crippen molar-refractivity contribution in [3.05, 3.63) is 77.1 Å². The number of fused-ring (bicyclic) bond motifs is 9. The van der Waals surface area contributed by atoms with Crippen molar-refractivity contribution in [1.29, 1.82) is 0 Å². The second-order valence-corrected chi connectivity index (χ2v) is 9.75. The Kier molecular flexibility index (Phi) is 3.58. The minimum absolute atomic E-state index is 0.250. The molecule has 1 aromatic carbocycles. The van der Waals surface area contributed by atoms with Crippen LogP contribution in [0.4, 0.5) is 0 Å². The molecular weight excluding hydrogens is 440 g/mol. The molecule has 3 aromatic heterocycles. The Balaban J connectivity index is 1.40. The van der Waals surface area contributed by atoms with Gasteiger partial charge in [-0.15, -0.1) is 0 Å². The molecule has 8 heteroatoms. The standard InChI is InChI=1S/C27H26N6O2/c1-32-20-12-18(22-17(25(32)34)5-3-6-21(22)35-2)23-19-11-15(7-10-33(19)31-24(20)23)16-13-29-26(30-14-16)27(28)8-4-9-27/h3,5-7,10-11,13-14,18,20H,4,8-9,12,28H2,1-2H3/t18-,20-/m1/s1/i1D3. The van der Waals surface area contributed by atoms with E-state index in [1.165, 1.54) is 0 Å². The van der Waals surface area contributed by atoms with Crippen molar-refractivity contribution in [1.82, 2.24) is 24.5 Å². The maximum Gasteiger partial charge on any atom is 0.254 e. The fraction of sp³-hybridized carbons (Fsp3) is 0.333. The predicted molar refractivity (Wildman–Crippen MR) is 130 cm³/mol. The van der Waals surface area contributed by atoms with Crippen LogP contribution in [0, 0.1) is 0 Å². The predicted octanol–water partition coefficient (Wildman–Crippen LogP) is 3.80. The average molecular weight is 470 g/mol. The zero-order chi connectivity index (χ0) is 26.4. The number of aromatic nitrogens is 4. The van der Waals surface area contributed by atoms with E-state index in [1.54, 1.807) is 36.2 Å². The van der Waals surface area contributed by atoms with E-state index in [0.29, 0.717) is 34.8 Å². The number of amides is 1. The Morgan fingerprint density at radius 1 is 1.17 bits per heavy atom. The molecular formula is C27H26N6O2. The number of carbonyl (C=O) groups is 1. The highest BCUT2D eigenvalue weighted by atomic mass is 16.5. The number of hydrogen-bond acceptors (Lipinski definition) is 6. The van der Waals surface area contributed by atoms with E-state index in [2.05, 4.69) is 9.97 Å². The Labute approximate surface area is 207 Å². The quantitative estimate of drug-likeness (QED) is 0.490. The first-order valence-electron chi connectivity index (χ1n) is 13.3. The lowest BCUT2D eigenvalue weighted by molar-refractivity contribution is 0.0734. The van der Waals surface area contributed by atoms with E-state index < -0.39 is 24.5 Å². The average Bonchev–Trinajstić information content (AvgIpc) is 3.39. The fourth-order valence-electron chi connectivity index (χ4n) is 5.86. The number of methoxy groups -OCH3 is 1. The van der Waals surface area contributed by atoms with Crippen LogP contribution < -0.4 is 10.5 Å². The molecule has 0 radical (unpaired) electrons. The lowest BCUT2D eigenvalue weighted by Gasteiger charge is -2.36. The number of nitrogens with two attached hydrogens (primary N) is 1. The Morgan fingerprint density at radius 3 is 2.71 bits per heavy atom. The highest BCUT2D eigenvalue weighted by molar-refractivity contribution is 5.98. The summed E-state index contributed by atoms with van der Waals surface area (Å²) < 4.78 is 32.0. The summed E-state index contributed by atoms with van der Waals surface area (Å²) in [6.07, 6.45) is 8.75.